The van der Waals surface area contributed by atoms with Gasteiger partial charge in [0.2, 0.25) is 0 Å². The molecule has 2 rings (SSSR count). The van der Waals surface area contributed by atoms with Crippen molar-refractivity contribution in [3.63, 3.8) is 0 Å². The van der Waals surface area contributed by atoms with Crippen molar-refractivity contribution in [2.45, 2.75) is 38.5 Å². The number of nitrogens with zero attached hydrogens (tertiary/aromatic N) is 2. The van der Waals surface area contributed by atoms with Crippen molar-refractivity contribution >= 4 is 17.7 Å². The van der Waals surface area contributed by atoms with Crippen LogP contribution in [0.25, 0.3) is 0 Å². The molecule has 0 radical (unpaired) electrons. The van der Waals surface area contributed by atoms with Crippen LogP contribution in [0.15, 0.2) is 4.99 Å². The van der Waals surface area contributed by atoms with Gasteiger partial charge in [0.25, 0.3) is 0 Å². The Labute approximate surface area is 122 Å². The Bertz CT molecular complexity index is 279. The van der Waals surface area contributed by atoms with Crippen LogP contribution in [0.3, 0.4) is 0 Å². The summed E-state index contributed by atoms with van der Waals surface area (Å²) in [4.78, 5) is 6.97. The van der Waals surface area contributed by atoms with E-state index in [1.165, 1.54) is 57.4 Å². The quantitative estimate of drug-likeness (QED) is 0.478. The van der Waals surface area contributed by atoms with Crippen LogP contribution in [-0.2, 0) is 0 Å². The number of thioether (sulfide) groups is 1. The van der Waals surface area contributed by atoms with E-state index in [4.69, 9.17) is 0 Å². The maximum absolute atomic E-state index is 4.47. The number of unbranched alkanes of at least 4 members (excludes halogenated alkanes) is 1. The lowest BCUT2D eigenvalue weighted by Gasteiger charge is -2.22. The zero-order valence-corrected chi connectivity index (χ0v) is 13.3. The highest BCUT2D eigenvalue weighted by molar-refractivity contribution is 7.98. The molecule has 1 aliphatic carbocycles. The van der Waals surface area contributed by atoms with Crippen LogP contribution >= 0.6 is 11.8 Å². The van der Waals surface area contributed by atoms with Gasteiger partial charge in [-0.1, -0.05) is 12.8 Å². The summed E-state index contributed by atoms with van der Waals surface area (Å²) in [5.74, 6) is 4.28. The molecule has 19 heavy (non-hydrogen) atoms. The zero-order valence-electron chi connectivity index (χ0n) is 12.5. The predicted octanol–water partition coefficient (Wildman–Crippen LogP) is 2.83. The van der Waals surface area contributed by atoms with E-state index >= 15 is 0 Å². The Morgan fingerprint density at radius 2 is 1.89 bits per heavy atom. The van der Waals surface area contributed by atoms with Crippen molar-refractivity contribution in [1.82, 2.24) is 10.2 Å². The number of likely N-dealkylation sites (tertiary alicyclic amines) is 1. The lowest BCUT2D eigenvalue weighted by Crippen LogP contribution is -2.40. The molecule has 1 saturated heterocycles. The lowest BCUT2D eigenvalue weighted by atomic mass is 9.82. The summed E-state index contributed by atoms with van der Waals surface area (Å²) in [7, 11) is 1.92. The van der Waals surface area contributed by atoms with Gasteiger partial charge in [-0.2, -0.15) is 11.8 Å². The van der Waals surface area contributed by atoms with E-state index in [0.29, 0.717) is 0 Å². The minimum absolute atomic E-state index is 0.934. The molecule has 2 fully saturated rings. The molecule has 0 aromatic rings. The summed E-state index contributed by atoms with van der Waals surface area (Å²) >= 11 is 1.94. The third kappa shape index (κ3) is 4.30. The molecule has 3 nitrogen and oxygen atoms in total. The predicted molar refractivity (Wildman–Crippen MR) is 86.0 cm³/mol. The fourth-order valence-corrected chi connectivity index (χ4v) is 3.98. The smallest absolute Gasteiger partial charge is 0.193 e. The summed E-state index contributed by atoms with van der Waals surface area (Å²) in [6.45, 7) is 3.53. The largest absolute Gasteiger partial charge is 0.356 e. The molecule has 0 amide bonds. The Kier molecular flexibility index (Phi) is 6.35. The second-order valence-electron chi connectivity index (χ2n) is 5.88. The Balaban J connectivity index is 1.73. The van der Waals surface area contributed by atoms with Gasteiger partial charge in [0, 0.05) is 26.7 Å². The Hall–Kier alpha value is -0.380. The standard InChI is InChI=1S/C15H29N3S/c1-16-15(17-9-5-6-10-19-2)18-11-13-7-3-4-8-14(13)12-18/h13-14H,3-12H2,1-2H3,(H,16,17). The van der Waals surface area contributed by atoms with Crippen LogP contribution in [0, 0.1) is 11.8 Å². The number of guanidine groups is 1. The topological polar surface area (TPSA) is 27.6 Å². The second-order valence-corrected chi connectivity index (χ2v) is 6.87. The highest BCUT2D eigenvalue weighted by Gasteiger charge is 2.35. The number of rotatable bonds is 5. The van der Waals surface area contributed by atoms with E-state index in [9.17, 15) is 0 Å². The maximum atomic E-state index is 4.47. The lowest BCUT2D eigenvalue weighted by molar-refractivity contribution is 0.299. The van der Waals surface area contributed by atoms with Gasteiger partial charge in [0.1, 0.15) is 0 Å². The Morgan fingerprint density at radius 1 is 1.21 bits per heavy atom. The van der Waals surface area contributed by atoms with Crippen LogP contribution < -0.4 is 5.32 Å². The molecule has 2 aliphatic rings. The molecule has 4 heteroatoms. The van der Waals surface area contributed by atoms with Crippen LogP contribution in [-0.4, -0.2) is 49.6 Å². The van der Waals surface area contributed by atoms with Gasteiger partial charge in [-0.25, -0.2) is 0 Å². The van der Waals surface area contributed by atoms with E-state index in [1.54, 1.807) is 0 Å². The fourth-order valence-electron chi connectivity index (χ4n) is 3.48. The summed E-state index contributed by atoms with van der Waals surface area (Å²) in [6.07, 6.45) is 10.5. The molecule has 0 aromatic carbocycles. The molecule has 1 N–H and O–H groups in total. The summed E-state index contributed by atoms with van der Waals surface area (Å²) in [6, 6.07) is 0. The van der Waals surface area contributed by atoms with Crippen molar-refractivity contribution in [2.24, 2.45) is 16.8 Å². The van der Waals surface area contributed by atoms with Crippen molar-refractivity contribution in [1.29, 1.82) is 0 Å². The Morgan fingerprint density at radius 3 is 2.47 bits per heavy atom. The SMILES string of the molecule is CN=C(NCCCCSC)N1CC2CCCCC2C1. The third-order valence-corrected chi connectivity index (χ3v) is 5.24. The number of fused-ring (bicyclic) bond motifs is 1. The first-order valence-corrected chi connectivity index (χ1v) is 9.19. The van der Waals surface area contributed by atoms with E-state index in [2.05, 4.69) is 21.5 Å². The first-order valence-electron chi connectivity index (χ1n) is 7.79. The molecule has 0 spiro atoms. The van der Waals surface area contributed by atoms with Crippen LogP contribution in [0.1, 0.15) is 38.5 Å². The summed E-state index contributed by atoms with van der Waals surface area (Å²) < 4.78 is 0. The van der Waals surface area contributed by atoms with Gasteiger partial charge < -0.3 is 10.2 Å². The first-order chi connectivity index (χ1) is 9.35. The summed E-state index contributed by atoms with van der Waals surface area (Å²) in [5, 5.41) is 3.55. The molecular weight excluding hydrogens is 254 g/mol. The summed E-state index contributed by atoms with van der Waals surface area (Å²) in [5.41, 5.74) is 0. The zero-order chi connectivity index (χ0) is 13.5. The normalized spacial score (nSPS) is 27.5. The number of nitrogens with one attached hydrogen (secondary N) is 1. The van der Waals surface area contributed by atoms with E-state index in [1.807, 2.05) is 18.8 Å². The van der Waals surface area contributed by atoms with Crippen LogP contribution in [0.2, 0.25) is 0 Å². The minimum atomic E-state index is 0.934. The van der Waals surface area contributed by atoms with Gasteiger partial charge in [-0.05, 0) is 49.5 Å². The number of aliphatic imine (C=N–C) groups is 1. The van der Waals surface area contributed by atoms with Gasteiger partial charge in [0.05, 0.1) is 0 Å². The van der Waals surface area contributed by atoms with Gasteiger partial charge in [-0.3, -0.25) is 4.99 Å². The average molecular weight is 283 g/mol. The molecule has 2 unspecified atom stereocenters. The molecule has 1 heterocycles. The number of hydrogen-bond donors (Lipinski definition) is 1. The van der Waals surface area contributed by atoms with Gasteiger partial charge >= 0.3 is 0 Å². The second kappa shape index (κ2) is 8.03. The van der Waals surface area contributed by atoms with Crippen LogP contribution in [0.4, 0.5) is 0 Å². The molecule has 1 aliphatic heterocycles. The highest BCUT2D eigenvalue weighted by Crippen LogP contribution is 2.35. The van der Waals surface area contributed by atoms with Gasteiger partial charge in [-0.15, -0.1) is 0 Å². The molecule has 0 bridgehead atoms. The fraction of sp³-hybridized carbons (Fsp3) is 0.933. The molecular formula is C15H29N3S. The van der Waals surface area contributed by atoms with Crippen molar-refractivity contribution < 1.29 is 0 Å². The maximum Gasteiger partial charge on any atom is 0.193 e. The molecule has 110 valence electrons. The van der Waals surface area contributed by atoms with Crippen molar-refractivity contribution in [3.05, 3.63) is 0 Å². The third-order valence-electron chi connectivity index (χ3n) is 4.55. The highest BCUT2D eigenvalue weighted by atomic mass is 32.2. The molecule has 1 saturated carbocycles. The average Bonchev–Trinajstić information content (AvgIpc) is 2.86. The number of hydrogen-bond acceptors (Lipinski definition) is 2. The van der Waals surface area contributed by atoms with E-state index in [0.717, 1.165) is 24.3 Å². The van der Waals surface area contributed by atoms with Crippen molar-refractivity contribution in [3.8, 4) is 0 Å². The van der Waals surface area contributed by atoms with Crippen molar-refractivity contribution in [2.75, 3.05) is 38.7 Å². The van der Waals surface area contributed by atoms with Gasteiger partial charge in [0.15, 0.2) is 5.96 Å². The van der Waals surface area contributed by atoms with E-state index in [-0.39, 0.29) is 0 Å². The van der Waals surface area contributed by atoms with Crippen LogP contribution in [0.5, 0.6) is 0 Å². The molecule has 2 atom stereocenters. The first kappa shape index (κ1) is 15.0. The monoisotopic (exact) mass is 283 g/mol. The molecule has 0 aromatic heterocycles. The van der Waals surface area contributed by atoms with E-state index < -0.39 is 0 Å². The minimum Gasteiger partial charge on any atom is -0.356 e.